The normalized spacial score (nSPS) is 12.8. The van der Waals surface area contributed by atoms with Gasteiger partial charge in [-0.05, 0) is 30.2 Å². The molecule has 1 aliphatic rings. The maximum Gasteiger partial charge on any atom is 0.337 e. The Kier molecular flexibility index (Phi) is 4.31. The molecular formula is C21H21N3O2. The fraction of sp³-hybridized carbons (Fsp3) is 0.238. The number of ether oxygens (including phenoxy) is 1. The number of nitrogens with one attached hydrogen (secondary N) is 1. The van der Waals surface area contributed by atoms with Gasteiger partial charge in [0.15, 0.2) is 0 Å². The van der Waals surface area contributed by atoms with E-state index in [4.69, 9.17) is 9.84 Å². The molecule has 0 aliphatic carbocycles. The highest BCUT2D eigenvalue weighted by Crippen LogP contribution is 2.32. The zero-order chi connectivity index (χ0) is 18.1. The highest BCUT2D eigenvalue weighted by molar-refractivity contribution is 5.89. The summed E-state index contributed by atoms with van der Waals surface area (Å²) >= 11 is 0. The third-order valence-corrected chi connectivity index (χ3v) is 4.81. The Hall–Kier alpha value is -2.92. The Labute approximate surface area is 152 Å². The smallest absolute Gasteiger partial charge is 0.337 e. The van der Waals surface area contributed by atoms with Crippen LogP contribution in [0.5, 0.6) is 0 Å². The maximum atomic E-state index is 11.8. The molecule has 1 aliphatic heterocycles. The molecule has 0 unspecified atom stereocenters. The summed E-state index contributed by atoms with van der Waals surface area (Å²) in [5.41, 5.74) is 7.55. The predicted molar refractivity (Wildman–Crippen MR) is 99.8 cm³/mol. The van der Waals surface area contributed by atoms with Gasteiger partial charge in [0.05, 0.1) is 30.6 Å². The number of esters is 1. The van der Waals surface area contributed by atoms with Gasteiger partial charge in [0, 0.05) is 24.2 Å². The van der Waals surface area contributed by atoms with Crippen molar-refractivity contribution < 1.29 is 9.53 Å². The maximum absolute atomic E-state index is 11.8. The first kappa shape index (κ1) is 16.5. The summed E-state index contributed by atoms with van der Waals surface area (Å²) in [6, 6.07) is 15.9. The van der Waals surface area contributed by atoms with E-state index in [0.29, 0.717) is 12.1 Å². The Morgan fingerprint density at radius 2 is 2.04 bits per heavy atom. The third-order valence-electron chi connectivity index (χ3n) is 4.81. The number of carbonyl (C=O) groups excluding carboxylic acids is 1. The predicted octanol–water partition coefficient (Wildman–Crippen LogP) is 3.30. The minimum atomic E-state index is -0.321. The number of nitrogens with zero attached hydrogens (tertiary/aromatic N) is 2. The lowest BCUT2D eigenvalue weighted by Gasteiger charge is -2.13. The van der Waals surface area contributed by atoms with E-state index in [1.807, 2.05) is 18.2 Å². The van der Waals surface area contributed by atoms with Crippen molar-refractivity contribution >= 4 is 5.97 Å². The van der Waals surface area contributed by atoms with Crippen LogP contribution in [0.2, 0.25) is 0 Å². The first-order chi connectivity index (χ1) is 12.7. The number of aryl methyl sites for hydroxylation is 1. The summed E-state index contributed by atoms with van der Waals surface area (Å²) in [5.74, 6) is -0.321. The highest BCUT2D eigenvalue weighted by Gasteiger charge is 2.23. The summed E-state index contributed by atoms with van der Waals surface area (Å²) < 4.78 is 6.89. The molecule has 26 heavy (non-hydrogen) atoms. The van der Waals surface area contributed by atoms with Crippen molar-refractivity contribution in [2.24, 2.45) is 0 Å². The van der Waals surface area contributed by atoms with Crippen LogP contribution in [0.1, 0.15) is 32.7 Å². The van der Waals surface area contributed by atoms with Gasteiger partial charge in [-0.1, -0.05) is 36.4 Å². The summed E-state index contributed by atoms with van der Waals surface area (Å²) in [4.78, 5) is 11.8. The van der Waals surface area contributed by atoms with Crippen molar-refractivity contribution in [1.29, 1.82) is 0 Å². The molecule has 2 aromatic carbocycles. The molecule has 0 saturated carbocycles. The molecule has 0 radical (unpaired) electrons. The number of carbonyl (C=O) groups is 1. The molecule has 3 aromatic rings. The first-order valence-electron chi connectivity index (χ1n) is 8.70. The summed E-state index contributed by atoms with van der Waals surface area (Å²) in [6.07, 6.45) is 0. The van der Waals surface area contributed by atoms with Crippen LogP contribution in [0.3, 0.4) is 0 Å². The molecule has 5 nitrogen and oxygen atoms in total. The molecule has 5 heteroatoms. The van der Waals surface area contributed by atoms with Crippen molar-refractivity contribution in [2.45, 2.75) is 26.6 Å². The average Bonchev–Trinajstić information content (AvgIpc) is 3.23. The van der Waals surface area contributed by atoms with E-state index < -0.39 is 0 Å². The molecule has 0 amide bonds. The number of aromatic nitrogens is 2. The summed E-state index contributed by atoms with van der Waals surface area (Å²) in [6.45, 7) is 4.37. The van der Waals surface area contributed by atoms with Crippen molar-refractivity contribution in [2.75, 3.05) is 7.11 Å². The van der Waals surface area contributed by atoms with Crippen LogP contribution in [0, 0.1) is 6.92 Å². The second kappa shape index (κ2) is 6.77. The van der Waals surface area contributed by atoms with Gasteiger partial charge in [0.1, 0.15) is 0 Å². The topological polar surface area (TPSA) is 56.2 Å². The van der Waals surface area contributed by atoms with E-state index in [0.717, 1.165) is 30.0 Å². The number of benzene rings is 2. The summed E-state index contributed by atoms with van der Waals surface area (Å²) in [7, 11) is 1.40. The SMILES string of the molecule is COC(=O)c1cccc(Cn2nc3c(c2-c2ccccc2C)CNC3)c1. The van der Waals surface area contributed by atoms with E-state index in [2.05, 4.69) is 41.2 Å². The van der Waals surface area contributed by atoms with Crippen LogP contribution < -0.4 is 5.32 Å². The zero-order valence-corrected chi connectivity index (χ0v) is 15.0. The number of rotatable bonds is 4. The molecule has 0 bridgehead atoms. The second-order valence-corrected chi connectivity index (χ2v) is 6.54. The number of methoxy groups -OCH3 is 1. The van der Waals surface area contributed by atoms with Crippen LogP contribution in [0.4, 0.5) is 0 Å². The van der Waals surface area contributed by atoms with Crippen molar-refractivity contribution in [3.05, 3.63) is 76.5 Å². The third kappa shape index (κ3) is 2.91. The molecule has 0 atom stereocenters. The van der Waals surface area contributed by atoms with Gasteiger partial charge in [-0.25, -0.2) is 4.79 Å². The van der Waals surface area contributed by atoms with E-state index >= 15 is 0 Å². The molecule has 1 aromatic heterocycles. The van der Waals surface area contributed by atoms with Crippen LogP contribution in [0.15, 0.2) is 48.5 Å². The standard InChI is InChI=1S/C21H21N3O2/c1-14-6-3-4-9-17(14)20-18-11-22-12-19(18)23-24(20)13-15-7-5-8-16(10-15)21(25)26-2/h3-10,22H,11-13H2,1-2H3. The van der Waals surface area contributed by atoms with Gasteiger partial charge in [-0.2, -0.15) is 5.10 Å². The molecular weight excluding hydrogens is 326 g/mol. The minimum Gasteiger partial charge on any atom is -0.465 e. The van der Waals surface area contributed by atoms with Gasteiger partial charge >= 0.3 is 5.97 Å². The molecule has 0 fully saturated rings. The van der Waals surface area contributed by atoms with Gasteiger partial charge < -0.3 is 10.1 Å². The number of hydrogen-bond acceptors (Lipinski definition) is 4. The Morgan fingerprint density at radius 3 is 2.85 bits per heavy atom. The quantitative estimate of drug-likeness (QED) is 0.736. The Bertz CT molecular complexity index is 975. The van der Waals surface area contributed by atoms with Gasteiger partial charge in [0.25, 0.3) is 0 Å². The van der Waals surface area contributed by atoms with Crippen LogP contribution in [0.25, 0.3) is 11.3 Å². The second-order valence-electron chi connectivity index (χ2n) is 6.54. The highest BCUT2D eigenvalue weighted by atomic mass is 16.5. The Balaban J connectivity index is 1.77. The van der Waals surface area contributed by atoms with Gasteiger partial charge in [0.2, 0.25) is 0 Å². The van der Waals surface area contributed by atoms with Crippen molar-refractivity contribution in [3.8, 4) is 11.3 Å². The van der Waals surface area contributed by atoms with Crippen LogP contribution in [-0.4, -0.2) is 22.9 Å². The van der Waals surface area contributed by atoms with Crippen molar-refractivity contribution in [3.63, 3.8) is 0 Å². The number of fused-ring (bicyclic) bond motifs is 1. The molecule has 2 heterocycles. The average molecular weight is 347 g/mol. The molecule has 132 valence electrons. The summed E-state index contributed by atoms with van der Waals surface area (Å²) in [5, 5.41) is 8.22. The zero-order valence-electron chi connectivity index (χ0n) is 15.0. The van der Waals surface area contributed by atoms with E-state index in [-0.39, 0.29) is 5.97 Å². The van der Waals surface area contributed by atoms with Gasteiger partial charge in [-0.3, -0.25) is 4.68 Å². The lowest BCUT2D eigenvalue weighted by molar-refractivity contribution is 0.0600. The van der Waals surface area contributed by atoms with Gasteiger partial charge in [-0.15, -0.1) is 0 Å². The first-order valence-corrected chi connectivity index (χ1v) is 8.70. The number of hydrogen-bond donors (Lipinski definition) is 1. The lowest BCUT2D eigenvalue weighted by atomic mass is 10.0. The fourth-order valence-corrected chi connectivity index (χ4v) is 3.52. The van der Waals surface area contributed by atoms with E-state index in [1.54, 1.807) is 6.07 Å². The molecule has 0 spiro atoms. The molecule has 4 rings (SSSR count). The minimum absolute atomic E-state index is 0.321. The van der Waals surface area contributed by atoms with E-state index in [9.17, 15) is 4.79 Å². The Morgan fingerprint density at radius 1 is 1.19 bits per heavy atom. The van der Waals surface area contributed by atoms with Crippen LogP contribution >= 0.6 is 0 Å². The fourth-order valence-electron chi connectivity index (χ4n) is 3.52. The molecule has 1 N–H and O–H groups in total. The largest absolute Gasteiger partial charge is 0.465 e. The monoisotopic (exact) mass is 347 g/mol. The molecule has 0 saturated heterocycles. The lowest BCUT2D eigenvalue weighted by Crippen LogP contribution is -2.10. The van der Waals surface area contributed by atoms with Crippen LogP contribution in [-0.2, 0) is 24.4 Å². The van der Waals surface area contributed by atoms with Crippen molar-refractivity contribution in [1.82, 2.24) is 15.1 Å². The van der Waals surface area contributed by atoms with E-state index in [1.165, 1.54) is 23.8 Å².